The number of carbonyl (C=O) groups excluding carboxylic acids is 1. The molecule has 0 spiro atoms. The van der Waals surface area contributed by atoms with E-state index in [1.165, 1.54) is 0 Å². The summed E-state index contributed by atoms with van der Waals surface area (Å²) in [5, 5.41) is 8.05. The van der Waals surface area contributed by atoms with Crippen LogP contribution in [0.1, 0.15) is 13.3 Å². The molecule has 2 N–H and O–H groups in total. The van der Waals surface area contributed by atoms with Crippen molar-refractivity contribution in [2.75, 3.05) is 36.2 Å². The lowest BCUT2D eigenvalue weighted by Gasteiger charge is -2.20. The summed E-state index contributed by atoms with van der Waals surface area (Å²) in [5.41, 5.74) is 2.73. The van der Waals surface area contributed by atoms with Gasteiger partial charge in [0.25, 0.3) is 0 Å². The summed E-state index contributed by atoms with van der Waals surface area (Å²) < 4.78 is 12.0. The number of ether oxygens (including phenoxy) is 1. The Kier molecular flexibility index (Phi) is 5.56. The van der Waals surface area contributed by atoms with Crippen LogP contribution in [-0.4, -0.2) is 46.5 Å². The Morgan fingerprint density at radius 2 is 1.95 bits per heavy atom. The Bertz CT molecular complexity index is 1650. The molecule has 7 bridgehead atoms. The van der Waals surface area contributed by atoms with Crippen molar-refractivity contribution in [3.63, 3.8) is 0 Å². The molecule has 0 saturated heterocycles. The second-order valence-corrected chi connectivity index (χ2v) is 9.12. The Balaban J connectivity index is 1.53. The number of carbonyl (C=O) groups is 1. The average molecular weight is 496 g/mol. The molecule has 1 atom stereocenters. The Hall–Kier alpha value is -4.73. The summed E-state index contributed by atoms with van der Waals surface area (Å²) in [7, 11) is 3.58. The van der Waals surface area contributed by atoms with Crippen LogP contribution < -0.4 is 20.3 Å². The number of oxazole rings is 1. The maximum atomic E-state index is 13.0. The van der Waals surface area contributed by atoms with Gasteiger partial charge >= 0.3 is 0 Å². The van der Waals surface area contributed by atoms with Gasteiger partial charge in [0, 0.05) is 55.4 Å². The first-order valence-corrected chi connectivity index (χ1v) is 12.0. The average Bonchev–Trinajstić information content (AvgIpc) is 3.33. The number of fused-ring (bicyclic) bond motifs is 6. The van der Waals surface area contributed by atoms with Gasteiger partial charge in [0.05, 0.1) is 12.2 Å². The van der Waals surface area contributed by atoms with Crippen molar-refractivity contribution in [3.8, 4) is 17.3 Å². The number of hydrogen-bond donors (Lipinski definition) is 2. The van der Waals surface area contributed by atoms with E-state index in [0.29, 0.717) is 53.4 Å². The van der Waals surface area contributed by atoms with E-state index < -0.39 is 0 Å². The molecule has 5 aromatic rings. The van der Waals surface area contributed by atoms with E-state index in [-0.39, 0.29) is 11.8 Å². The lowest BCUT2D eigenvalue weighted by atomic mass is 10.1. The van der Waals surface area contributed by atoms with Crippen molar-refractivity contribution in [2.24, 2.45) is 5.92 Å². The Labute approximate surface area is 212 Å². The summed E-state index contributed by atoms with van der Waals surface area (Å²) >= 11 is 0. The summed E-state index contributed by atoms with van der Waals surface area (Å²) in [6, 6.07) is 13.0. The van der Waals surface area contributed by atoms with Crippen molar-refractivity contribution in [1.82, 2.24) is 19.9 Å². The second kappa shape index (κ2) is 9.05. The number of aromatic nitrogens is 4. The number of anilines is 4. The molecule has 1 aromatic carbocycles. The highest BCUT2D eigenvalue weighted by molar-refractivity contribution is 6.02. The molecule has 0 unspecified atom stereocenters. The number of benzene rings is 1. The lowest BCUT2D eigenvalue weighted by molar-refractivity contribution is -0.119. The molecule has 1 aliphatic rings. The SMILES string of the molecule is CNc1ncc2c3cc(ncc13)Nc1cccc(n1)OC[C@H](C)CC(=O)N(C)c1ccc3oc-2nc3c1. The number of nitrogens with one attached hydrogen (secondary N) is 2. The molecular weight excluding hydrogens is 470 g/mol. The fraction of sp³-hybridized carbons (Fsp3) is 0.222. The van der Waals surface area contributed by atoms with Crippen LogP contribution in [0.15, 0.2) is 59.3 Å². The van der Waals surface area contributed by atoms with Gasteiger partial charge in [-0.3, -0.25) is 4.79 Å². The second-order valence-electron chi connectivity index (χ2n) is 9.12. The van der Waals surface area contributed by atoms with Gasteiger partial charge in [-0.15, -0.1) is 0 Å². The summed E-state index contributed by atoms with van der Waals surface area (Å²) in [4.78, 5) is 33.1. The van der Waals surface area contributed by atoms with E-state index in [9.17, 15) is 4.79 Å². The van der Waals surface area contributed by atoms with Crippen LogP contribution in [0.5, 0.6) is 5.88 Å². The molecule has 6 rings (SSSR count). The molecule has 0 radical (unpaired) electrons. The normalized spacial score (nSPS) is 15.9. The number of pyridine rings is 3. The van der Waals surface area contributed by atoms with Gasteiger partial charge < -0.3 is 24.7 Å². The molecule has 4 aromatic heterocycles. The zero-order valence-corrected chi connectivity index (χ0v) is 20.6. The summed E-state index contributed by atoms with van der Waals surface area (Å²) in [6.45, 7) is 2.34. The quantitative estimate of drug-likeness (QED) is 0.331. The van der Waals surface area contributed by atoms with Crippen LogP contribution in [0, 0.1) is 5.92 Å². The van der Waals surface area contributed by atoms with Crippen molar-refractivity contribution >= 4 is 50.9 Å². The third-order valence-corrected chi connectivity index (χ3v) is 6.39. The molecule has 186 valence electrons. The largest absolute Gasteiger partial charge is 0.477 e. The number of nitrogens with zero attached hydrogens (tertiary/aromatic N) is 5. The number of hydrogen-bond acceptors (Lipinski definition) is 9. The van der Waals surface area contributed by atoms with Gasteiger partial charge in [0.15, 0.2) is 5.58 Å². The van der Waals surface area contributed by atoms with Gasteiger partial charge in [-0.05, 0) is 36.2 Å². The van der Waals surface area contributed by atoms with E-state index in [1.54, 1.807) is 30.4 Å². The van der Waals surface area contributed by atoms with Gasteiger partial charge in [0.2, 0.25) is 17.7 Å². The van der Waals surface area contributed by atoms with Crippen LogP contribution in [0.4, 0.5) is 23.1 Å². The Morgan fingerprint density at radius 1 is 1.05 bits per heavy atom. The lowest BCUT2D eigenvalue weighted by Crippen LogP contribution is -2.29. The third-order valence-electron chi connectivity index (χ3n) is 6.39. The Morgan fingerprint density at radius 3 is 2.81 bits per heavy atom. The molecule has 1 aliphatic heterocycles. The van der Waals surface area contributed by atoms with Crippen molar-refractivity contribution in [2.45, 2.75) is 13.3 Å². The molecule has 0 fully saturated rings. The molecule has 37 heavy (non-hydrogen) atoms. The third kappa shape index (κ3) is 4.26. The maximum absolute atomic E-state index is 13.0. The van der Waals surface area contributed by atoms with Crippen LogP contribution in [-0.2, 0) is 4.79 Å². The topological polar surface area (TPSA) is 118 Å². The van der Waals surface area contributed by atoms with Crippen molar-refractivity contribution in [1.29, 1.82) is 0 Å². The predicted molar refractivity (Wildman–Crippen MR) is 142 cm³/mol. The first kappa shape index (κ1) is 22.7. The summed E-state index contributed by atoms with van der Waals surface area (Å²) in [6.07, 6.45) is 3.81. The zero-order chi connectivity index (χ0) is 25.5. The van der Waals surface area contributed by atoms with Crippen LogP contribution in [0.25, 0.3) is 33.3 Å². The van der Waals surface area contributed by atoms with Crippen LogP contribution in [0.2, 0.25) is 0 Å². The highest BCUT2D eigenvalue weighted by atomic mass is 16.5. The number of amides is 1. The van der Waals surface area contributed by atoms with Gasteiger partial charge in [-0.25, -0.2) is 15.0 Å². The van der Waals surface area contributed by atoms with E-state index in [0.717, 1.165) is 22.0 Å². The first-order valence-electron chi connectivity index (χ1n) is 12.0. The van der Waals surface area contributed by atoms with Gasteiger partial charge in [-0.2, -0.15) is 4.98 Å². The zero-order valence-electron chi connectivity index (χ0n) is 20.6. The van der Waals surface area contributed by atoms with E-state index in [1.807, 2.05) is 50.4 Å². The predicted octanol–water partition coefficient (Wildman–Crippen LogP) is 5.00. The highest BCUT2D eigenvalue weighted by Gasteiger charge is 2.19. The summed E-state index contributed by atoms with van der Waals surface area (Å²) in [5.74, 6) is 2.75. The van der Waals surface area contributed by atoms with E-state index in [4.69, 9.17) is 14.1 Å². The molecule has 5 heterocycles. The van der Waals surface area contributed by atoms with Crippen molar-refractivity contribution < 1.29 is 13.9 Å². The molecule has 10 heteroatoms. The molecule has 1 amide bonds. The van der Waals surface area contributed by atoms with E-state index in [2.05, 4.69) is 25.6 Å². The minimum Gasteiger partial charge on any atom is -0.477 e. The molecule has 10 nitrogen and oxygen atoms in total. The molecular formula is C27H25N7O3. The van der Waals surface area contributed by atoms with Crippen molar-refractivity contribution in [3.05, 3.63) is 54.9 Å². The maximum Gasteiger partial charge on any atom is 0.229 e. The smallest absolute Gasteiger partial charge is 0.229 e. The van der Waals surface area contributed by atoms with Gasteiger partial charge in [-0.1, -0.05) is 13.0 Å². The van der Waals surface area contributed by atoms with E-state index >= 15 is 0 Å². The van der Waals surface area contributed by atoms with Crippen LogP contribution >= 0.6 is 0 Å². The standard InChI is InChI=1S/C27H25N7O3/c1-15-9-25(35)34(3)16-7-8-21-20(10-16)31-27(37-21)19-13-30-26(28-2)18-12-29-23(11-17(18)19)32-22-5-4-6-24(33-22)36-14-15/h4-8,10-13,15H,9,14H2,1-3H3,(H,28,30)(H,29,32,33)/t15-/m1/s1. The fourth-order valence-corrected chi connectivity index (χ4v) is 4.37. The number of rotatable bonds is 1. The minimum atomic E-state index is -0.0175. The monoisotopic (exact) mass is 495 g/mol. The first-order chi connectivity index (χ1) is 18.0. The van der Waals surface area contributed by atoms with Crippen LogP contribution in [0.3, 0.4) is 0 Å². The highest BCUT2D eigenvalue weighted by Crippen LogP contribution is 2.35. The van der Waals surface area contributed by atoms with Gasteiger partial charge in [0.1, 0.15) is 23.0 Å². The molecule has 0 aliphatic carbocycles. The minimum absolute atomic E-state index is 0.00900. The molecule has 0 saturated carbocycles. The fourth-order valence-electron chi connectivity index (χ4n) is 4.37.